The Labute approximate surface area is 126 Å². The maximum atomic E-state index is 13.4. The standard InChI is InChI=1S/C15H14ClFN2O2/c1-2-18(13-5-3-4-12(17)9-13)14-6-7-15(19(20)21)11(8-14)10-16/h3-9H,2,10H2,1H3. The SMILES string of the molecule is CCN(c1cccc(F)c1)c1ccc([N+](=O)[O-])c(CCl)c1. The molecule has 0 radical (unpaired) electrons. The van der Waals surface area contributed by atoms with E-state index in [4.69, 9.17) is 11.6 Å². The Morgan fingerprint density at radius 1 is 1.24 bits per heavy atom. The van der Waals surface area contributed by atoms with Crippen LogP contribution in [-0.4, -0.2) is 11.5 Å². The van der Waals surface area contributed by atoms with Gasteiger partial charge in [0, 0.05) is 29.5 Å². The molecule has 4 nitrogen and oxygen atoms in total. The van der Waals surface area contributed by atoms with Gasteiger partial charge in [-0.3, -0.25) is 10.1 Å². The molecule has 2 aromatic rings. The summed E-state index contributed by atoms with van der Waals surface area (Å²) in [5.41, 5.74) is 1.86. The predicted molar refractivity (Wildman–Crippen MR) is 81.7 cm³/mol. The van der Waals surface area contributed by atoms with Crippen LogP contribution in [0.2, 0.25) is 0 Å². The molecule has 0 heterocycles. The van der Waals surface area contributed by atoms with Gasteiger partial charge in [0.25, 0.3) is 5.69 Å². The highest BCUT2D eigenvalue weighted by Gasteiger charge is 2.16. The highest BCUT2D eigenvalue weighted by atomic mass is 35.5. The van der Waals surface area contributed by atoms with Crippen LogP contribution in [0.3, 0.4) is 0 Å². The van der Waals surface area contributed by atoms with E-state index >= 15 is 0 Å². The molecule has 2 aromatic carbocycles. The van der Waals surface area contributed by atoms with Crippen molar-refractivity contribution in [2.45, 2.75) is 12.8 Å². The van der Waals surface area contributed by atoms with E-state index in [1.54, 1.807) is 24.3 Å². The lowest BCUT2D eigenvalue weighted by Crippen LogP contribution is -2.16. The zero-order valence-electron chi connectivity index (χ0n) is 11.4. The first-order valence-electron chi connectivity index (χ1n) is 6.43. The van der Waals surface area contributed by atoms with E-state index in [0.717, 1.165) is 5.69 Å². The quantitative estimate of drug-likeness (QED) is 0.459. The van der Waals surface area contributed by atoms with Crippen LogP contribution in [0.15, 0.2) is 42.5 Å². The predicted octanol–water partition coefficient (Wildman–Crippen LogP) is 4.63. The van der Waals surface area contributed by atoms with Gasteiger partial charge in [0.15, 0.2) is 0 Å². The summed E-state index contributed by atoms with van der Waals surface area (Å²) in [7, 11) is 0. The van der Waals surface area contributed by atoms with Crippen molar-refractivity contribution in [3.63, 3.8) is 0 Å². The maximum absolute atomic E-state index is 13.4. The first-order chi connectivity index (χ1) is 10.1. The van der Waals surface area contributed by atoms with Crippen molar-refractivity contribution in [2.75, 3.05) is 11.4 Å². The molecule has 0 N–H and O–H groups in total. The first-order valence-corrected chi connectivity index (χ1v) is 6.96. The summed E-state index contributed by atoms with van der Waals surface area (Å²) in [6, 6.07) is 10.9. The number of rotatable bonds is 5. The van der Waals surface area contributed by atoms with Crippen LogP contribution in [-0.2, 0) is 5.88 Å². The zero-order valence-corrected chi connectivity index (χ0v) is 12.2. The third-order valence-corrected chi connectivity index (χ3v) is 3.44. The van der Waals surface area contributed by atoms with E-state index in [-0.39, 0.29) is 17.4 Å². The summed E-state index contributed by atoms with van der Waals surface area (Å²) in [5, 5.41) is 10.9. The Hall–Kier alpha value is -2.14. The molecular weight excluding hydrogens is 295 g/mol. The number of anilines is 2. The normalized spacial score (nSPS) is 10.4. The van der Waals surface area contributed by atoms with Crippen LogP contribution in [0.4, 0.5) is 21.5 Å². The minimum absolute atomic E-state index is 0.0101. The van der Waals surface area contributed by atoms with Crippen LogP contribution in [0.5, 0.6) is 0 Å². The molecule has 0 atom stereocenters. The van der Waals surface area contributed by atoms with Crippen LogP contribution in [0, 0.1) is 15.9 Å². The smallest absolute Gasteiger partial charge is 0.273 e. The molecule has 0 fully saturated rings. The van der Waals surface area contributed by atoms with E-state index < -0.39 is 4.92 Å². The monoisotopic (exact) mass is 308 g/mol. The summed E-state index contributed by atoms with van der Waals surface area (Å²) >= 11 is 5.78. The molecule has 21 heavy (non-hydrogen) atoms. The lowest BCUT2D eigenvalue weighted by molar-refractivity contribution is -0.385. The average Bonchev–Trinajstić information content (AvgIpc) is 2.47. The van der Waals surface area contributed by atoms with Gasteiger partial charge in [0.1, 0.15) is 5.82 Å². The fraction of sp³-hybridized carbons (Fsp3) is 0.200. The second kappa shape index (κ2) is 6.54. The summed E-state index contributed by atoms with van der Waals surface area (Å²) in [4.78, 5) is 12.3. The summed E-state index contributed by atoms with van der Waals surface area (Å²) in [6.45, 7) is 2.52. The molecule has 0 aliphatic carbocycles. The van der Waals surface area contributed by atoms with Crippen molar-refractivity contribution >= 4 is 28.7 Å². The third-order valence-electron chi connectivity index (χ3n) is 3.15. The van der Waals surface area contributed by atoms with Gasteiger partial charge in [-0.1, -0.05) is 6.07 Å². The summed E-state index contributed by atoms with van der Waals surface area (Å²) < 4.78 is 13.4. The van der Waals surface area contributed by atoms with Crippen molar-refractivity contribution in [1.82, 2.24) is 0 Å². The van der Waals surface area contributed by atoms with E-state index in [1.165, 1.54) is 18.2 Å². The molecule has 2 rings (SSSR count). The Morgan fingerprint density at radius 3 is 2.52 bits per heavy atom. The number of nitro groups is 1. The van der Waals surface area contributed by atoms with E-state index in [0.29, 0.717) is 17.8 Å². The molecule has 0 amide bonds. The zero-order chi connectivity index (χ0) is 15.4. The molecule has 0 bridgehead atoms. The number of alkyl halides is 1. The summed E-state index contributed by atoms with van der Waals surface area (Å²) in [5.74, 6) is -0.282. The topological polar surface area (TPSA) is 46.4 Å². The molecule has 0 saturated carbocycles. The fourth-order valence-electron chi connectivity index (χ4n) is 2.18. The minimum atomic E-state index is -0.458. The van der Waals surface area contributed by atoms with Gasteiger partial charge >= 0.3 is 0 Å². The molecule has 0 spiro atoms. The van der Waals surface area contributed by atoms with Crippen molar-refractivity contribution in [1.29, 1.82) is 0 Å². The van der Waals surface area contributed by atoms with Crippen molar-refractivity contribution in [3.8, 4) is 0 Å². The van der Waals surface area contributed by atoms with Crippen LogP contribution < -0.4 is 4.90 Å². The lowest BCUT2D eigenvalue weighted by Gasteiger charge is -2.23. The first kappa shape index (κ1) is 15.3. The largest absolute Gasteiger partial charge is 0.342 e. The van der Waals surface area contributed by atoms with Gasteiger partial charge in [-0.25, -0.2) is 4.39 Å². The second-order valence-corrected chi connectivity index (χ2v) is 4.70. The maximum Gasteiger partial charge on any atom is 0.273 e. The number of hydrogen-bond acceptors (Lipinski definition) is 3. The van der Waals surface area contributed by atoms with Crippen molar-refractivity contribution < 1.29 is 9.31 Å². The number of nitrogens with zero attached hydrogens (tertiary/aromatic N) is 2. The van der Waals surface area contributed by atoms with Gasteiger partial charge in [-0.05, 0) is 37.3 Å². The van der Waals surface area contributed by atoms with Crippen molar-refractivity contribution in [3.05, 3.63) is 64.0 Å². The highest BCUT2D eigenvalue weighted by molar-refractivity contribution is 6.17. The number of hydrogen-bond donors (Lipinski definition) is 0. The van der Waals surface area contributed by atoms with Crippen LogP contribution in [0.1, 0.15) is 12.5 Å². The van der Waals surface area contributed by atoms with Crippen LogP contribution >= 0.6 is 11.6 Å². The summed E-state index contributed by atoms with van der Waals surface area (Å²) in [6.07, 6.45) is 0. The third kappa shape index (κ3) is 3.31. The van der Waals surface area contributed by atoms with E-state index in [2.05, 4.69) is 0 Å². The number of halogens is 2. The Kier molecular flexibility index (Phi) is 4.75. The van der Waals surface area contributed by atoms with Gasteiger partial charge in [-0.2, -0.15) is 0 Å². The molecule has 6 heteroatoms. The highest BCUT2D eigenvalue weighted by Crippen LogP contribution is 2.30. The lowest BCUT2D eigenvalue weighted by atomic mass is 10.1. The fourth-order valence-corrected chi connectivity index (χ4v) is 2.40. The van der Waals surface area contributed by atoms with Gasteiger partial charge in [-0.15, -0.1) is 11.6 Å². The van der Waals surface area contributed by atoms with Crippen molar-refractivity contribution in [2.24, 2.45) is 0 Å². The average molecular weight is 309 g/mol. The number of benzene rings is 2. The molecule has 0 unspecified atom stereocenters. The molecule has 110 valence electrons. The molecular formula is C15H14ClFN2O2. The van der Waals surface area contributed by atoms with Gasteiger partial charge < -0.3 is 4.90 Å². The van der Waals surface area contributed by atoms with Gasteiger partial charge in [0.05, 0.1) is 10.8 Å². The van der Waals surface area contributed by atoms with E-state index in [9.17, 15) is 14.5 Å². The minimum Gasteiger partial charge on any atom is -0.342 e. The van der Waals surface area contributed by atoms with Crippen LogP contribution in [0.25, 0.3) is 0 Å². The molecule has 0 aliphatic heterocycles. The number of nitro benzene ring substituents is 1. The Bertz CT molecular complexity index is 664. The molecule has 0 saturated heterocycles. The Morgan fingerprint density at radius 2 is 1.95 bits per heavy atom. The molecule has 0 aliphatic rings. The van der Waals surface area contributed by atoms with E-state index in [1.807, 2.05) is 11.8 Å². The van der Waals surface area contributed by atoms with Gasteiger partial charge in [0.2, 0.25) is 0 Å². The molecule has 0 aromatic heterocycles. The second-order valence-electron chi connectivity index (χ2n) is 4.43. The Balaban J connectivity index is 2.46.